The fourth-order valence-electron chi connectivity index (χ4n) is 2.00. The van der Waals surface area contributed by atoms with Crippen LogP contribution in [0.2, 0.25) is 0 Å². The maximum Gasteiger partial charge on any atom is 0.348 e. The molecule has 0 aromatic carbocycles. The number of fused-ring (bicyclic) bond motifs is 1. The third-order valence-corrected chi connectivity index (χ3v) is 3.98. The summed E-state index contributed by atoms with van der Waals surface area (Å²) in [7, 11) is 0. The second-order valence-corrected chi connectivity index (χ2v) is 6.08. The lowest BCUT2D eigenvalue weighted by atomic mass is 10.2. The van der Waals surface area contributed by atoms with Crippen molar-refractivity contribution in [3.05, 3.63) is 43.2 Å². The van der Waals surface area contributed by atoms with E-state index < -0.39 is 5.69 Å². The number of thiocarbonyl (C=S) groups is 1. The van der Waals surface area contributed by atoms with E-state index in [1.54, 1.807) is 11.3 Å². The van der Waals surface area contributed by atoms with Crippen LogP contribution in [0.4, 0.5) is 5.82 Å². The van der Waals surface area contributed by atoms with Crippen molar-refractivity contribution >= 4 is 52.4 Å². The minimum Gasteiger partial charge on any atom is -0.376 e. The SMILES string of the molecule is NC(=S)Nc1[nH]n2c(=O)[nH]c(=S)nc2c1Cc1cccs1. The Balaban J connectivity index is 2.24. The summed E-state index contributed by atoms with van der Waals surface area (Å²) in [5.74, 6) is 0.537. The molecule has 0 aliphatic rings. The number of hydrogen-bond donors (Lipinski definition) is 4. The van der Waals surface area contributed by atoms with Crippen LogP contribution in [0.1, 0.15) is 10.4 Å². The molecule has 7 nitrogen and oxygen atoms in total. The van der Waals surface area contributed by atoms with Gasteiger partial charge in [0, 0.05) is 16.9 Å². The van der Waals surface area contributed by atoms with Crippen molar-refractivity contribution < 1.29 is 0 Å². The summed E-state index contributed by atoms with van der Waals surface area (Å²) >= 11 is 11.4. The molecule has 21 heavy (non-hydrogen) atoms. The predicted molar refractivity (Wildman–Crippen MR) is 88.5 cm³/mol. The van der Waals surface area contributed by atoms with Gasteiger partial charge in [-0.2, -0.15) is 9.50 Å². The Labute approximate surface area is 132 Å². The monoisotopic (exact) mass is 338 g/mol. The van der Waals surface area contributed by atoms with Gasteiger partial charge in [-0.25, -0.2) is 4.79 Å². The molecule has 0 spiro atoms. The number of aromatic nitrogens is 4. The molecule has 0 unspecified atom stereocenters. The van der Waals surface area contributed by atoms with E-state index in [0.29, 0.717) is 17.9 Å². The molecule has 3 aromatic heterocycles. The first-order valence-corrected chi connectivity index (χ1v) is 7.57. The number of rotatable bonds is 3. The van der Waals surface area contributed by atoms with Gasteiger partial charge in [0.15, 0.2) is 10.8 Å². The Kier molecular flexibility index (Phi) is 3.57. The van der Waals surface area contributed by atoms with Crippen LogP contribution in [0, 0.1) is 4.77 Å². The van der Waals surface area contributed by atoms with Crippen LogP contribution in [0.5, 0.6) is 0 Å². The Morgan fingerprint density at radius 3 is 3.05 bits per heavy atom. The lowest BCUT2D eigenvalue weighted by molar-refractivity contribution is 0.836. The molecule has 0 amide bonds. The van der Waals surface area contributed by atoms with Crippen molar-refractivity contribution in [2.24, 2.45) is 5.73 Å². The Morgan fingerprint density at radius 1 is 1.57 bits per heavy atom. The highest BCUT2D eigenvalue weighted by molar-refractivity contribution is 7.80. The maximum atomic E-state index is 11.9. The fourth-order valence-corrected chi connectivity index (χ4v) is 2.99. The lowest BCUT2D eigenvalue weighted by Crippen LogP contribution is -2.21. The normalized spacial score (nSPS) is 10.9. The molecule has 3 rings (SSSR count). The second kappa shape index (κ2) is 5.39. The first-order valence-electron chi connectivity index (χ1n) is 5.87. The van der Waals surface area contributed by atoms with Crippen molar-refractivity contribution in [1.82, 2.24) is 19.6 Å². The van der Waals surface area contributed by atoms with Crippen LogP contribution in [-0.4, -0.2) is 24.7 Å². The largest absolute Gasteiger partial charge is 0.376 e. The number of thiophene rings is 1. The summed E-state index contributed by atoms with van der Waals surface area (Å²) in [6, 6.07) is 3.96. The van der Waals surface area contributed by atoms with E-state index in [-0.39, 0.29) is 9.88 Å². The van der Waals surface area contributed by atoms with E-state index in [0.717, 1.165) is 10.4 Å². The van der Waals surface area contributed by atoms with Crippen LogP contribution in [-0.2, 0) is 6.42 Å². The summed E-state index contributed by atoms with van der Waals surface area (Å²) in [4.78, 5) is 19.7. The molecule has 0 aliphatic carbocycles. The van der Waals surface area contributed by atoms with Gasteiger partial charge < -0.3 is 11.1 Å². The van der Waals surface area contributed by atoms with Crippen molar-refractivity contribution in [2.75, 3.05) is 5.32 Å². The Bertz CT molecular complexity index is 920. The van der Waals surface area contributed by atoms with E-state index in [4.69, 9.17) is 30.2 Å². The average Bonchev–Trinajstić information content (AvgIpc) is 3.00. The molecule has 108 valence electrons. The van der Waals surface area contributed by atoms with E-state index in [9.17, 15) is 4.79 Å². The van der Waals surface area contributed by atoms with Gasteiger partial charge in [0.05, 0.1) is 0 Å². The molecular formula is C11H10N6OS3. The molecule has 0 saturated carbocycles. The van der Waals surface area contributed by atoms with Crippen molar-refractivity contribution in [1.29, 1.82) is 0 Å². The number of aromatic amines is 2. The van der Waals surface area contributed by atoms with Crippen LogP contribution >= 0.6 is 35.8 Å². The summed E-state index contributed by atoms with van der Waals surface area (Å²) in [5, 5.41) is 7.81. The van der Waals surface area contributed by atoms with Gasteiger partial charge in [-0.15, -0.1) is 11.3 Å². The van der Waals surface area contributed by atoms with E-state index >= 15 is 0 Å². The molecule has 0 fully saturated rings. The van der Waals surface area contributed by atoms with Gasteiger partial charge in [-0.3, -0.25) is 10.1 Å². The minimum atomic E-state index is -0.395. The van der Waals surface area contributed by atoms with Gasteiger partial charge in [0.25, 0.3) is 0 Å². The molecule has 3 heterocycles. The first kappa shape index (κ1) is 13.9. The van der Waals surface area contributed by atoms with Gasteiger partial charge in [-0.05, 0) is 35.9 Å². The first-order chi connectivity index (χ1) is 10.0. The van der Waals surface area contributed by atoms with Gasteiger partial charge in [-0.1, -0.05) is 6.07 Å². The van der Waals surface area contributed by atoms with Crippen LogP contribution in [0.3, 0.4) is 0 Å². The van der Waals surface area contributed by atoms with Gasteiger partial charge in [0.1, 0.15) is 5.82 Å². The van der Waals surface area contributed by atoms with Crippen molar-refractivity contribution in [2.45, 2.75) is 6.42 Å². The number of nitrogens with zero attached hydrogens (tertiary/aromatic N) is 2. The molecule has 5 N–H and O–H groups in total. The summed E-state index contributed by atoms with van der Waals surface area (Å²) < 4.78 is 1.41. The standard InChI is InChI=1S/C11H10N6OS3/c12-9(19)13-7-6(4-5-2-1-3-21-5)8-14-10(20)15-11(18)17(8)16-7/h1-3,16H,4H2,(H3,12,13,19)(H,15,18,20). The zero-order chi connectivity index (χ0) is 15.0. The lowest BCUT2D eigenvalue weighted by Gasteiger charge is -2.03. The highest BCUT2D eigenvalue weighted by atomic mass is 32.1. The second-order valence-electron chi connectivity index (χ2n) is 4.22. The zero-order valence-corrected chi connectivity index (χ0v) is 13.0. The van der Waals surface area contributed by atoms with E-state index in [1.165, 1.54) is 4.52 Å². The number of hydrogen-bond acceptors (Lipinski definition) is 5. The number of H-pyrrole nitrogens is 2. The quantitative estimate of drug-likeness (QED) is 0.538. The third-order valence-electron chi connectivity index (χ3n) is 2.81. The average molecular weight is 338 g/mol. The van der Waals surface area contributed by atoms with Crippen molar-refractivity contribution in [3.8, 4) is 0 Å². The number of anilines is 1. The molecule has 3 aromatic rings. The molecule has 0 radical (unpaired) electrons. The van der Waals surface area contributed by atoms with Gasteiger partial charge in [0.2, 0.25) is 4.77 Å². The summed E-state index contributed by atoms with van der Waals surface area (Å²) in [6.45, 7) is 0. The summed E-state index contributed by atoms with van der Waals surface area (Å²) in [5.41, 5.74) is 6.36. The number of nitrogens with one attached hydrogen (secondary N) is 3. The summed E-state index contributed by atoms with van der Waals surface area (Å²) in [6.07, 6.45) is 0.584. The van der Waals surface area contributed by atoms with E-state index in [1.807, 2.05) is 17.5 Å². The molecule has 10 heteroatoms. The Hall–Kier alpha value is -2.04. The molecule has 0 bridgehead atoms. The van der Waals surface area contributed by atoms with Gasteiger partial charge >= 0.3 is 5.69 Å². The third kappa shape index (κ3) is 2.73. The maximum absolute atomic E-state index is 11.9. The fraction of sp³-hybridized carbons (Fsp3) is 0.0909. The molecule has 0 saturated heterocycles. The van der Waals surface area contributed by atoms with Crippen LogP contribution in [0.15, 0.2) is 22.3 Å². The zero-order valence-electron chi connectivity index (χ0n) is 10.5. The highest BCUT2D eigenvalue weighted by Gasteiger charge is 2.16. The Morgan fingerprint density at radius 2 is 2.38 bits per heavy atom. The predicted octanol–water partition coefficient (Wildman–Crippen LogP) is 1.39. The molecule has 0 aliphatic heterocycles. The van der Waals surface area contributed by atoms with Crippen LogP contribution < -0.4 is 16.7 Å². The minimum absolute atomic E-state index is 0.101. The smallest absolute Gasteiger partial charge is 0.348 e. The number of nitrogens with two attached hydrogens (primary N) is 1. The molecule has 0 atom stereocenters. The van der Waals surface area contributed by atoms with Crippen LogP contribution in [0.25, 0.3) is 5.65 Å². The van der Waals surface area contributed by atoms with Crippen molar-refractivity contribution in [3.63, 3.8) is 0 Å². The topological polar surface area (TPSA) is 104 Å². The molecular weight excluding hydrogens is 328 g/mol. The van der Waals surface area contributed by atoms with E-state index in [2.05, 4.69) is 20.4 Å². The highest BCUT2D eigenvalue weighted by Crippen LogP contribution is 2.23.